The number of nitriles is 2. The molecule has 6 heteroatoms. The van der Waals surface area contributed by atoms with Crippen molar-refractivity contribution in [2.45, 2.75) is 90.9 Å². The number of esters is 2. The molecule has 3 rings (SSSR count). The van der Waals surface area contributed by atoms with Crippen molar-refractivity contribution in [2.24, 2.45) is 23.7 Å². The van der Waals surface area contributed by atoms with Crippen LogP contribution in [0.4, 0.5) is 0 Å². The number of nitrogens with zero attached hydrogens (tertiary/aromatic N) is 2. The summed E-state index contributed by atoms with van der Waals surface area (Å²) in [7, 11) is 0. The van der Waals surface area contributed by atoms with Gasteiger partial charge in [0.2, 0.25) is 0 Å². The fourth-order valence-corrected chi connectivity index (χ4v) is 5.53. The van der Waals surface area contributed by atoms with Crippen molar-refractivity contribution >= 4 is 11.9 Å². The molecule has 0 unspecified atom stereocenters. The minimum absolute atomic E-state index is 0.0552. The van der Waals surface area contributed by atoms with Crippen molar-refractivity contribution < 1.29 is 19.1 Å². The Morgan fingerprint density at radius 2 is 1.09 bits per heavy atom. The number of benzene rings is 1. The second-order valence-corrected chi connectivity index (χ2v) is 9.89. The SMILES string of the molecule is CCCC1CCC(C(=O)Oc2ccc(OC(=O)C3CCC(CCC)CC3)c(C#N)c2C#N)CC1. The first-order chi connectivity index (χ1) is 16.5. The molecule has 2 aliphatic carbocycles. The zero-order valence-corrected chi connectivity index (χ0v) is 20.5. The molecule has 0 aromatic heterocycles. The smallest absolute Gasteiger partial charge is 0.314 e. The molecule has 0 saturated heterocycles. The van der Waals surface area contributed by atoms with Gasteiger partial charge in [0, 0.05) is 0 Å². The molecule has 6 nitrogen and oxygen atoms in total. The Balaban J connectivity index is 1.66. The largest absolute Gasteiger partial charge is 0.425 e. The Morgan fingerprint density at radius 3 is 1.38 bits per heavy atom. The normalized spacial score (nSPS) is 24.5. The minimum Gasteiger partial charge on any atom is -0.425 e. The predicted molar refractivity (Wildman–Crippen MR) is 128 cm³/mol. The van der Waals surface area contributed by atoms with E-state index in [0.29, 0.717) is 11.8 Å². The number of carbonyl (C=O) groups is 2. The maximum atomic E-state index is 12.7. The van der Waals surface area contributed by atoms with Crippen LogP contribution in [-0.4, -0.2) is 11.9 Å². The van der Waals surface area contributed by atoms with Gasteiger partial charge in [0.15, 0.2) is 0 Å². The van der Waals surface area contributed by atoms with E-state index in [1.54, 1.807) is 0 Å². The number of ether oxygens (including phenoxy) is 2. The maximum Gasteiger partial charge on any atom is 0.314 e. The van der Waals surface area contributed by atoms with Gasteiger partial charge in [-0.2, -0.15) is 10.5 Å². The molecule has 182 valence electrons. The molecule has 0 amide bonds. The lowest BCUT2D eigenvalue weighted by Gasteiger charge is -2.27. The van der Waals surface area contributed by atoms with E-state index in [1.807, 2.05) is 12.1 Å². The third kappa shape index (κ3) is 6.38. The van der Waals surface area contributed by atoms with Crippen LogP contribution in [0, 0.1) is 46.3 Å². The quantitative estimate of drug-likeness (QED) is 0.323. The molecule has 0 N–H and O–H groups in total. The van der Waals surface area contributed by atoms with Gasteiger partial charge in [0.25, 0.3) is 0 Å². The van der Waals surface area contributed by atoms with E-state index >= 15 is 0 Å². The van der Waals surface area contributed by atoms with Crippen molar-refractivity contribution in [2.75, 3.05) is 0 Å². The Kier molecular flexibility index (Phi) is 9.52. The monoisotopic (exact) mass is 464 g/mol. The van der Waals surface area contributed by atoms with Crippen LogP contribution in [0.3, 0.4) is 0 Å². The van der Waals surface area contributed by atoms with Gasteiger partial charge in [-0.3, -0.25) is 9.59 Å². The van der Waals surface area contributed by atoms with Crippen LogP contribution in [-0.2, 0) is 9.59 Å². The summed E-state index contributed by atoms with van der Waals surface area (Å²) in [6, 6.07) is 6.86. The summed E-state index contributed by atoms with van der Waals surface area (Å²) < 4.78 is 11.1. The van der Waals surface area contributed by atoms with Crippen LogP contribution in [0.5, 0.6) is 11.5 Å². The summed E-state index contributed by atoms with van der Waals surface area (Å²) in [4.78, 5) is 25.5. The molecule has 34 heavy (non-hydrogen) atoms. The van der Waals surface area contributed by atoms with Gasteiger partial charge in [0.05, 0.1) is 11.8 Å². The van der Waals surface area contributed by atoms with Gasteiger partial charge in [-0.15, -0.1) is 0 Å². The molecule has 0 atom stereocenters. The molecular formula is C28H36N2O4. The van der Waals surface area contributed by atoms with Crippen molar-refractivity contribution in [3.63, 3.8) is 0 Å². The van der Waals surface area contributed by atoms with E-state index in [4.69, 9.17) is 9.47 Å². The summed E-state index contributed by atoms with van der Waals surface area (Å²) in [5.41, 5.74) is -0.125. The maximum absolute atomic E-state index is 12.7. The molecule has 1 aromatic carbocycles. The Hall–Kier alpha value is -2.86. The predicted octanol–water partition coefficient (Wildman–Crippen LogP) is 6.45. The molecule has 2 saturated carbocycles. The number of rotatable bonds is 8. The number of hydrogen-bond acceptors (Lipinski definition) is 6. The Labute approximate surface area is 203 Å². The van der Waals surface area contributed by atoms with E-state index in [-0.39, 0.29) is 46.4 Å². The van der Waals surface area contributed by atoms with E-state index in [2.05, 4.69) is 13.8 Å². The molecule has 0 heterocycles. The van der Waals surface area contributed by atoms with Crippen LogP contribution in [0.25, 0.3) is 0 Å². The van der Waals surface area contributed by atoms with E-state index in [1.165, 1.54) is 25.0 Å². The van der Waals surface area contributed by atoms with Crippen molar-refractivity contribution in [1.82, 2.24) is 0 Å². The average Bonchev–Trinajstić information content (AvgIpc) is 2.85. The van der Waals surface area contributed by atoms with Crippen LogP contribution in [0.1, 0.15) is 102 Å². The van der Waals surface area contributed by atoms with Gasteiger partial charge < -0.3 is 9.47 Å². The minimum atomic E-state index is -0.357. The van der Waals surface area contributed by atoms with Crippen LogP contribution in [0.2, 0.25) is 0 Å². The highest BCUT2D eigenvalue weighted by Crippen LogP contribution is 2.36. The van der Waals surface area contributed by atoms with Gasteiger partial charge in [-0.1, -0.05) is 39.5 Å². The zero-order chi connectivity index (χ0) is 24.5. The average molecular weight is 465 g/mol. The summed E-state index contributed by atoms with van der Waals surface area (Å²) in [5.74, 6) is 0.359. The van der Waals surface area contributed by atoms with Crippen molar-refractivity contribution in [3.8, 4) is 23.6 Å². The van der Waals surface area contributed by atoms with E-state index < -0.39 is 0 Å². The number of carbonyl (C=O) groups excluding carboxylic acids is 2. The van der Waals surface area contributed by atoms with Crippen LogP contribution in [0.15, 0.2) is 12.1 Å². The lowest BCUT2D eigenvalue weighted by Crippen LogP contribution is -2.26. The molecule has 2 aliphatic rings. The Morgan fingerprint density at radius 1 is 0.735 bits per heavy atom. The summed E-state index contributed by atoms with van der Waals surface area (Å²) in [6.07, 6.45) is 11.9. The summed E-state index contributed by atoms with van der Waals surface area (Å²) in [6.45, 7) is 4.35. The first kappa shape index (κ1) is 25.8. The number of hydrogen-bond donors (Lipinski definition) is 0. The van der Waals surface area contributed by atoms with Gasteiger partial charge in [0.1, 0.15) is 34.8 Å². The van der Waals surface area contributed by atoms with Gasteiger partial charge in [-0.25, -0.2) is 0 Å². The molecule has 0 aliphatic heterocycles. The standard InChI is InChI=1S/C28H36N2O4/c1-3-5-19-7-11-21(12-8-19)27(31)33-25-15-16-26(24(18-30)23(25)17-29)34-28(32)22-13-9-20(6-4-2)10-14-22/h15-16,19-22H,3-14H2,1-2H3. The molecular weight excluding hydrogens is 428 g/mol. The third-order valence-electron chi connectivity index (χ3n) is 7.53. The highest BCUT2D eigenvalue weighted by atomic mass is 16.5. The van der Waals surface area contributed by atoms with Crippen molar-refractivity contribution in [3.05, 3.63) is 23.3 Å². The van der Waals surface area contributed by atoms with Gasteiger partial charge >= 0.3 is 11.9 Å². The highest BCUT2D eigenvalue weighted by molar-refractivity contribution is 5.79. The topological polar surface area (TPSA) is 100 Å². The first-order valence-electron chi connectivity index (χ1n) is 12.9. The fraction of sp³-hybridized carbons (Fsp3) is 0.643. The lowest BCUT2D eigenvalue weighted by molar-refractivity contribution is -0.141. The molecule has 0 spiro atoms. The van der Waals surface area contributed by atoms with Gasteiger partial charge in [-0.05, 0) is 75.3 Å². The van der Waals surface area contributed by atoms with Crippen LogP contribution < -0.4 is 9.47 Å². The summed E-state index contributed by atoms with van der Waals surface area (Å²) in [5, 5.41) is 19.4. The van der Waals surface area contributed by atoms with E-state index in [9.17, 15) is 20.1 Å². The van der Waals surface area contributed by atoms with E-state index in [0.717, 1.165) is 64.2 Å². The summed E-state index contributed by atoms with van der Waals surface area (Å²) >= 11 is 0. The molecule has 1 aromatic rings. The fourth-order valence-electron chi connectivity index (χ4n) is 5.53. The second kappa shape index (κ2) is 12.6. The molecule has 0 radical (unpaired) electrons. The molecule has 2 fully saturated rings. The second-order valence-electron chi connectivity index (χ2n) is 9.89. The van der Waals surface area contributed by atoms with Crippen molar-refractivity contribution in [1.29, 1.82) is 10.5 Å². The first-order valence-corrected chi connectivity index (χ1v) is 12.9. The molecule has 0 bridgehead atoms. The van der Waals surface area contributed by atoms with Crippen LogP contribution >= 0.6 is 0 Å². The highest BCUT2D eigenvalue weighted by Gasteiger charge is 2.30. The lowest BCUT2D eigenvalue weighted by atomic mass is 9.80. The Bertz CT molecular complexity index is 865. The zero-order valence-electron chi connectivity index (χ0n) is 20.5. The third-order valence-corrected chi connectivity index (χ3v) is 7.53.